The number of anilines is 1. The molecular formula is C20H26N4O3. The van der Waals surface area contributed by atoms with Crippen LogP contribution in [0.5, 0.6) is 5.88 Å². The van der Waals surface area contributed by atoms with Gasteiger partial charge in [-0.3, -0.25) is 4.98 Å². The summed E-state index contributed by atoms with van der Waals surface area (Å²) >= 11 is 0. The molecule has 2 saturated heterocycles. The molecule has 4 heterocycles. The van der Waals surface area contributed by atoms with Gasteiger partial charge in [0.2, 0.25) is 5.88 Å². The second-order valence-electron chi connectivity index (χ2n) is 7.35. The van der Waals surface area contributed by atoms with E-state index in [-0.39, 0.29) is 6.10 Å². The SMILES string of the molecule is OC1(Cc2ccccn2)CCN(c2cc(OC3CCOCC3)ncn2)CC1. The monoisotopic (exact) mass is 370 g/mol. The first-order chi connectivity index (χ1) is 13.2. The smallest absolute Gasteiger partial charge is 0.218 e. The Kier molecular flexibility index (Phi) is 5.50. The van der Waals surface area contributed by atoms with E-state index >= 15 is 0 Å². The topological polar surface area (TPSA) is 80.6 Å². The molecule has 2 aliphatic rings. The summed E-state index contributed by atoms with van der Waals surface area (Å²) in [5.74, 6) is 1.47. The van der Waals surface area contributed by atoms with Crippen LogP contribution < -0.4 is 9.64 Å². The number of hydrogen-bond acceptors (Lipinski definition) is 7. The zero-order valence-corrected chi connectivity index (χ0v) is 15.5. The Morgan fingerprint density at radius 2 is 1.96 bits per heavy atom. The third-order valence-electron chi connectivity index (χ3n) is 5.34. The summed E-state index contributed by atoms with van der Waals surface area (Å²) in [7, 11) is 0. The first-order valence-corrected chi connectivity index (χ1v) is 9.64. The standard InChI is InChI=1S/C20H26N4O3/c25-20(14-16-3-1-2-8-21-16)6-9-24(10-7-20)18-13-19(23-15-22-18)27-17-4-11-26-12-5-17/h1-3,8,13,15,17,25H,4-7,9-12,14H2. The Labute approximate surface area is 159 Å². The molecule has 2 aromatic heterocycles. The van der Waals surface area contributed by atoms with Crippen LogP contribution in [0.4, 0.5) is 5.82 Å². The van der Waals surface area contributed by atoms with Crippen molar-refractivity contribution in [3.05, 3.63) is 42.5 Å². The molecule has 144 valence electrons. The van der Waals surface area contributed by atoms with Gasteiger partial charge < -0.3 is 19.5 Å². The second kappa shape index (κ2) is 8.19. The Morgan fingerprint density at radius 1 is 1.15 bits per heavy atom. The van der Waals surface area contributed by atoms with E-state index in [1.165, 1.54) is 0 Å². The zero-order chi connectivity index (χ0) is 18.5. The summed E-state index contributed by atoms with van der Waals surface area (Å²) in [5.41, 5.74) is 0.224. The number of aliphatic hydroxyl groups is 1. The number of ether oxygens (including phenoxy) is 2. The summed E-state index contributed by atoms with van der Waals surface area (Å²) in [4.78, 5) is 15.2. The van der Waals surface area contributed by atoms with Gasteiger partial charge in [-0.15, -0.1) is 0 Å². The van der Waals surface area contributed by atoms with E-state index in [9.17, 15) is 5.11 Å². The highest BCUT2D eigenvalue weighted by atomic mass is 16.5. The number of nitrogens with zero attached hydrogens (tertiary/aromatic N) is 4. The first kappa shape index (κ1) is 18.1. The minimum Gasteiger partial charge on any atom is -0.474 e. The summed E-state index contributed by atoms with van der Waals surface area (Å²) < 4.78 is 11.4. The highest BCUT2D eigenvalue weighted by molar-refractivity contribution is 5.41. The lowest BCUT2D eigenvalue weighted by Gasteiger charge is -2.38. The predicted molar refractivity (Wildman–Crippen MR) is 101 cm³/mol. The van der Waals surface area contributed by atoms with Crippen molar-refractivity contribution < 1.29 is 14.6 Å². The molecule has 0 unspecified atom stereocenters. The van der Waals surface area contributed by atoms with Crippen molar-refractivity contribution in [3.8, 4) is 5.88 Å². The largest absolute Gasteiger partial charge is 0.474 e. The molecule has 0 aliphatic carbocycles. The van der Waals surface area contributed by atoms with E-state index in [1.54, 1.807) is 12.5 Å². The molecule has 4 rings (SSSR count). The number of piperidine rings is 1. The molecule has 0 saturated carbocycles. The van der Waals surface area contributed by atoms with Gasteiger partial charge in [0, 0.05) is 50.3 Å². The average Bonchev–Trinajstić information content (AvgIpc) is 2.70. The van der Waals surface area contributed by atoms with Crippen molar-refractivity contribution in [2.75, 3.05) is 31.2 Å². The third kappa shape index (κ3) is 4.73. The zero-order valence-electron chi connectivity index (χ0n) is 15.5. The molecule has 0 bridgehead atoms. The summed E-state index contributed by atoms with van der Waals surface area (Å²) in [6, 6.07) is 7.72. The van der Waals surface area contributed by atoms with Gasteiger partial charge in [0.05, 0.1) is 18.8 Å². The summed E-state index contributed by atoms with van der Waals surface area (Å²) in [5, 5.41) is 10.9. The highest BCUT2D eigenvalue weighted by Gasteiger charge is 2.33. The Hall–Kier alpha value is -2.25. The predicted octanol–water partition coefficient (Wildman–Crippen LogP) is 2.00. The van der Waals surface area contributed by atoms with E-state index in [4.69, 9.17) is 9.47 Å². The first-order valence-electron chi connectivity index (χ1n) is 9.64. The van der Waals surface area contributed by atoms with Crippen LogP contribution in [0.25, 0.3) is 0 Å². The fraction of sp³-hybridized carbons (Fsp3) is 0.550. The molecule has 2 fully saturated rings. The fourth-order valence-corrected chi connectivity index (χ4v) is 3.70. The molecule has 0 spiro atoms. The second-order valence-corrected chi connectivity index (χ2v) is 7.35. The van der Waals surface area contributed by atoms with Gasteiger partial charge in [0.1, 0.15) is 18.2 Å². The van der Waals surface area contributed by atoms with E-state index < -0.39 is 5.60 Å². The summed E-state index contributed by atoms with van der Waals surface area (Å²) in [6.45, 7) is 2.97. The molecule has 0 atom stereocenters. The van der Waals surface area contributed by atoms with E-state index in [1.807, 2.05) is 24.3 Å². The molecule has 0 amide bonds. The van der Waals surface area contributed by atoms with Crippen LogP contribution in [-0.2, 0) is 11.2 Å². The molecule has 27 heavy (non-hydrogen) atoms. The van der Waals surface area contributed by atoms with Gasteiger partial charge in [0.15, 0.2) is 0 Å². The van der Waals surface area contributed by atoms with E-state index in [2.05, 4.69) is 19.9 Å². The van der Waals surface area contributed by atoms with Crippen LogP contribution >= 0.6 is 0 Å². The van der Waals surface area contributed by atoms with Gasteiger partial charge in [-0.05, 0) is 25.0 Å². The van der Waals surface area contributed by atoms with Crippen LogP contribution in [0.15, 0.2) is 36.8 Å². The normalized spacial score (nSPS) is 20.4. The van der Waals surface area contributed by atoms with Gasteiger partial charge in [-0.1, -0.05) is 6.07 Å². The van der Waals surface area contributed by atoms with Crippen LogP contribution in [0.2, 0.25) is 0 Å². The minimum atomic E-state index is -0.709. The number of rotatable bonds is 5. The lowest BCUT2D eigenvalue weighted by Crippen LogP contribution is -2.46. The Bertz CT molecular complexity index is 729. The van der Waals surface area contributed by atoms with Crippen LogP contribution in [-0.4, -0.2) is 58.1 Å². The lowest BCUT2D eigenvalue weighted by molar-refractivity contribution is 0.0155. The van der Waals surface area contributed by atoms with E-state index in [0.29, 0.717) is 25.1 Å². The van der Waals surface area contributed by atoms with Gasteiger partial charge in [-0.2, -0.15) is 0 Å². The Morgan fingerprint density at radius 3 is 2.70 bits per heavy atom. The quantitative estimate of drug-likeness (QED) is 0.862. The van der Waals surface area contributed by atoms with Crippen molar-refractivity contribution >= 4 is 5.82 Å². The van der Waals surface area contributed by atoms with Crippen LogP contribution in [0.1, 0.15) is 31.4 Å². The molecule has 1 N–H and O–H groups in total. The lowest BCUT2D eigenvalue weighted by atomic mass is 9.87. The minimum absolute atomic E-state index is 0.159. The molecule has 0 aromatic carbocycles. The van der Waals surface area contributed by atoms with E-state index in [0.717, 1.165) is 50.7 Å². The van der Waals surface area contributed by atoms with Gasteiger partial charge in [-0.25, -0.2) is 9.97 Å². The highest BCUT2D eigenvalue weighted by Crippen LogP contribution is 2.29. The van der Waals surface area contributed by atoms with Gasteiger partial charge >= 0.3 is 0 Å². The van der Waals surface area contributed by atoms with Crippen molar-refractivity contribution in [2.45, 2.75) is 43.8 Å². The molecule has 2 aromatic rings. The maximum Gasteiger partial charge on any atom is 0.218 e. The molecule has 2 aliphatic heterocycles. The fourth-order valence-electron chi connectivity index (χ4n) is 3.70. The van der Waals surface area contributed by atoms with Crippen LogP contribution in [0.3, 0.4) is 0 Å². The molecule has 0 radical (unpaired) electrons. The third-order valence-corrected chi connectivity index (χ3v) is 5.34. The van der Waals surface area contributed by atoms with Crippen molar-refractivity contribution in [1.82, 2.24) is 15.0 Å². The van der Waals surface area contributed by atoms with Crippen molar-refractivity contribution in [3.63, 3.8) is 0 Å². The number of pyridine rings is 1. The summed E-state index contributed by atoms with van der Waals surface area (Å²) in [6.07, 6.45) is 7.23. The number of aromatic nitrogens is 3. The maximum atomic E-state index is 10.9. The Balaban J connectivity index is 1.35. The van der Waals surface area contributed by atoms with Crippen molar-refractivity contribution in [1.29, 1.82) is 0 Å². The molecule has 7 nitrogen and oxygen atoms in total. The molecule has 7 heteroatoms. The molecular weight excluding hydrogens is 344 g/mol. The average molecular weight is 370 g/mol. The van der Waals surface area contributed by atoms with Gasteiger partial charge in [0.25, 0.3) is 0 Å². The van der Waals surface area contributed by atoms with Crippen molar-refractivity contribution in [2.24, 2.45) is 0 Å². The maximum absolute atomic E-state index is 10.9. The van der Waals surface area contributed by atoms with Crippen LogP contribution in [0, 0.1) is 0 Å². The number of hydrogen-bond donors (Lipinski definition) is 1.